The summed E-state index contributed by atoms with van der Waals surface area (Å²) < 4.78 is 0.963. The quantitative estimate of drug-likeness (QED) is 0.374. The van der Waals surface area contributed by atoms with Crippen LogP contribution in [0, 0.1) is 0 Å². The third kappa shape index (κ3) is 6.33. The van der Waals surface area contributed by atoms with Gasteiger partial charge in [-0.2, -0.15) is 11.3 Å². The fourth-order valence-electron chi connectivity index (χ4n) is 2.00. The maximum atomic E-state index is 12.0. The number of guanidine groups is 1. The second-order valence-corrected chi connectivity index (χ2v) is 6.80. The van der Waals surface area contributed by atoms with E-state index in [4.69, 9.17) is 0 Å². The van der Waals surface area contributed by atoms with E-state index in [9.17, 15) is 4.79 Å². The Labute approximate surface area is 154 Å². The van der Waals surface area contributed by atoms with Crippen molar-refractivity contribution in [2.45, 2.75) is 13.0 Å². The first-order chi connectivity index (χ1) is 11.7. The second kappa shape index (κ2) is 10.1. The number of nitrogens with one attached hydrogen (secondary N) is 3. The number of halogens is 1. The Morgan fingerprint density at radius 2 is 1.88 bits per heavy atom. The van der Waals surface area contributed by atoms with Crippen LogP contribution in [0.4, 0.5) is 0 Å². The van der Waals surface area contributed by atoms with Crippen molar-refractivity contribution in [2.24, 2.45) is 4.99 Å². The molecule has 0 fully saturated rings. The molecule has 1 heterocycles. The molecule has 128 valence electrons. The monoisotopic (exact) mass is 408 g/mol. The van der Waals surface area contributed by atoms with Gasteiger partial charge in [-0.05, 0) is 53.1 Å². The van der Waals surface area contributed by atoms with E-state index in [0.717, 1.165) is 29.9 Å². The van der Waals surface area contributed by atoms with Crippen LogP contribution in [0.5, 0.6) is 0 Å². The lowest BCUT2D eigenvalue weighted by molar-refractivity contribution is 0.0953. The van der Waals surface area contributed by atoms with Gasteiger partial charge in [0.2, 0.25) is 0 Å². The molecule has 0 aliphatic carbocycles. The van der Waals surface area contributed by atoms with Crippen LogP contribution in [0.25, 0.3) is 0 Å². The largest absolute Gasteiger partial charge is 0.356 e. The van der Waals surface area contributed by atoms with Gasteiger partial charge in [0, 0.05) is 36.7 Å². The number of hydrogen-bond acceptors (Lipinski definition) is 3. The molecule has 24 heavy (non-hydrogen) atoms. The lowest BCUT2D eigenvalue weighted by atomic mass is 10.2. The van der Waals surface area contributed by atoms with E-state index >= 15 is 0 Å². The molecular formula is C17H21BrN4OS. The topological polar surface area (TPSA) is 65.5 Å². The van der Waals surface area contributed by atoms with E-state index < -0.39 is 0 Å². The average Bonchev–Trinajstić information content (AvgIpc) is 3.11. The van der Waals surface area contributed by atoms with Crippen molar-refractivity contribution in [3.63, 3.8) is 0 Å². The number of thiophene rings is 1. The first kappa shape index (κ1) is 18.5. The lowest BCUT2D eigenvalue weighted by Gasteiger charge is -2.11. The molecule has 2 aromatic rings. The zero-order chi connectivity index (χ0) is 17.2. The predicted octanol–water partition coefficient (Wildman–Crippen LogP) is 3.00. The maximum absolute atomic E-state index is 12.0. The standard InChI is InChI=1S/C17H21BrN4OS/c1-19-17(22-11-13-7-10-24-12-13)21-9-2-8-20-16(23)14-3-5-15(18)6-4-14/h3-7,10,12H,2,8-9,11H2,1H3,(H,20,23)(H2,19,21,22). The minimum Gasteiger partial charge on any atom is -0.356 e. The van der Waals surface area contributed by atoms with Gasteiger partial charge in [0.1, 0.15) is 0 Å². The fourth-order valence-corrected chi connectivity index (χ4v) is 2.93. The van der Waals surface area contributed by atoms with Crippen LogP contribution >= 0.6 is 27.3 Å². The molecule has 7 heteroatoms. The predicted molar refractivity (Wildman–Crippen MR) is 104 cm³/mol. The van der Waals surface area contributed by atoms with Gasteiger partial charge >= 0.3 is 0 Å². The normalized spacial score (nSPS) is 11.2. The molecule has 0 unspecified atom stereocenters. The number of amides is 1. The number of hydrogen-bond donors (Lipinski definition) is 3. The zero-order valence-corrected chi connectivity index (χ0v) is 15.9. The van der Waals surface area contributed by atoms with Crippen LogP contribution in [-0.2, 0) is 6.54 Å². The highest BCUT2D eigenvalue weighted by Gasteiger charge is 2.04. The summed E-state index contributed by atoms with van der Waals surface area (Å²) in [4.78, 5) is 16.1. The van der Waals surface area contributed by atoms with Gasteiger partial charge in [-0.25, -0.2) is 0 Å². The number of carbonyl (C=O) groups excluding carboxylic acids is 1. The highest BCUT2D eigenvalue weighted by atomic mass is 79.9. The van der Waals surface area contributed by atoms with E-state index in [2.05, 4.69) is 53.7 Å². The van der Waals surface area contributed by atoms with Gasteiger partial charge < -0.3 is 16.0 Å². The molecule has 5 nitrogen and oxygen atoms in total. The number of carbonyl (C=O) groups is 1. The van der Waals surface area contributed by atoms with Crippen molar-refractivity contribution < 1.29 is 4.79 Å². The third-order valence-electron chi connectivity index (χ3n) is 3.30. The number of benzene rings is 1. The summed E-state index contributed by atoms with van der Waals surface area (Å²) in [6.07, 6.45) is 0.821. The molecule has 1 aromatic heterocycles. The Kier molecular flexibility index (Phi) is 7.77. The number of nitrogens with zero attached hydrogens (tertiary/aromatic N) is 1. The molecular weight excluding hydrogens is 388 g/mol. The minimum atomic E-state index is -0.0533. The molecule has 0 saturated heterocycles. The van der Waals surface area contributed by atoms with Crippen LogP contribution in [0.2, 0.25) is 0 Å². The molecule has 0 saturated carbocycles. The van der Waals surface area contributed by atoms with Gasteiger partial charge in [-0.1, -0.05) is 15.9 Å². The molecule has 0 spiro atoms. The third-order valence-corrected chi connectivity index (χ3v) is 4.56. The van der Waals surface area contributed by atoms with Crippen molar-refractivity contribution in [1.82, 2.24) is 16.0 Å². The number of aliphatic imine (C=N–C) groups is 1. The molecule has 1 amide bonds. The van der Waals surface area contributed by atoms with Gasteiger partial charge in [-0.3, -0.25) is 9.79 Å². The van der Waals surface area contributed by atoms with E-state index in [1.54, 1.807) is 30.5 Å². The summed E-state index contributed by atoms with van der Waals surface area (Å²) in [5.74, 6) is 0.711. The Bertz CT molecular complexity index is 656. The van der Waals surface area contributed by atoms with E-state index in [1.807, 2.05) is 12.1 Å². The van der Waals surface area contributed by atoms with Gasteiger partial charge in [0.15, 0.2) is 5.96 Å². The maximum Gasteiger partial charge on any atom is 0.251 e. The van der Waals surface area contributed by atoms with E-state index in [-0.39, 0.29) is 5.91 Å². The summed E-state index contributed by atoms with van der Waals surface area (Å²) in [5.41, 5.74) is 1.91. The smallest absolute Gasteiger partial charge is 0.251 e. The van der Waals surface area contributed by atoms with Gasteiger partial charge in [0.05, 0.1) is 0 Å². The molecule has 0 bridgehead atoms. The van der Waals surface area contributed by atoms with Crippen LogP contribution in [0.15, 0.2) is 50.6 Å². The number of rotatable bonds is 7. The van der Waals surface area contributed by atoms with Crippen LogP contribution in [-0.4, -0.2) is 32.0 Å². The lowest BCUT2D eigenvalue weighted by Crippen LogP contribution is -2.38. The summed E-state index contributed by atoms with van der Waals surface area (Å²) in [6.45, 7) is 2.11. The molecule has 3 N–H and O–H groups in total. The van der Waals surface area contributed by atoms with Crippen molar-refractivity contribution in [3.8, 4) is 0 Å². The van der Waals surface area contributed by atoms with Gasteiger partial charge in [-0.15, -0.1) is 0 Å². The minimum absolute atomic E-state index is 0.0533. The first-order valence-corrected chi connectivity index (χ1v) is 9.42. The first-order valence-electron chi connectivity index (χ1n) is 7.68. The molecule has 0 atom stereocenters. The molecule has 2 rings (SSSR count). The zero-order valence-electron chi connectivity index (χ0n) is 13.5. The highest BCUT2D eigenvalue weighted by Crippen LogP contribution is 2.10. The molecule has 0 aliphatic heterocycles. The van der Waals surface area contributed by atoms with Crippen molar-refractivity contribution in [1.29, 1.82) is 0 Å². The van der Waals surface area contributed by atoms with E-state index in [1.165, 1.54) is 5.56 Å². The Morgan fingerprint density at radius 3 is 2.54 bits per heavy atom. The molecule has 1 aromatic carbocycles. The summed E-state index contributed by atoms with van der Waals surface area (Å²) in [5, 5.41) is 13.6. The Balaban J connectivity index is 1.61. The van der Waals surface area contributed by atoms with Crippen molar-refractivity contribution in [2.75, 3.05) is 20.1 Å². The summed E-state index contributed by atoms with van der Waals surface area (Å²) in [6, 6.07) is 9.41. The summed E-state index contributed by atoms with van der Waals surface area (Å²) >= 11 is 5.04. The van der Waals surface area contributed by atoms with Gasteiger partial charge in [0.25, 0.3) is 5.91 Å². The van der Waals surface area contributed by atoms with Crippen LogP contribution < -0.4 is 16.0 Å². The molecule has 0 aliphatic rings. The molecule has 0 radical (unpaired) electrons. The van der Waals surface area contributed by atoms with Crippen LogP contribution in [0.1, 0.15) is 22.3 Å². The second-order valence-electron chi connectivity index (χ2n) is 5.10. The highest BCUT2D eigenvalue weighted by molar-refractivity contribution is 9.10. The SMILES string of the molecule is CN=C(NCCCNC(=O)c1ccc(Br)cc1)NCc1ccsc1. The Morgan fingerprint density at radius 1 is 1.12 bits per heavy atom. The van der Waals surface area contributed by atoms with E-state index in [0.29, 0.717) is 12.1 Å². The van der Waals surface area contributed by atoms with Crippen molar-refractivity contribution in [3.05, 3.63) is 56.7 Å². The fraction of sp³-hybridized carbons (Fsp3) is 0.294. The van der Waals surface area contributed by atoms with Crippen LogP contribution in [0.3, 0.4) is 0 Å². The van der Waals surface area contributed by atoms with Crippen molar-refractivity contribution >= 4 is 39.1 Å². The average molecular weight is 409 g/mol. The Hall–Kier alpha value is -1.86. The summed E-state index contributed by atoms with van der Waals surface area (Å²) in [7, 11) is 1.75.